The summed E-state index contributed by atoms with van der Waals surface area (Å²) in [5.74, 6) is 0.769. The molecule has 0 spiro atoms. The summed E-state index contributed by atoms with van der Waals surface area (Å²) >= 11 is 1.69. The van der Waals surface area contributed by atoms with Crippen LogP contribution in [-0.4, -0.2) is 24.5 Å². The zero-order valence-electron chi connectivity index (χ0n) is 8.71. The summed E-state index contributed by atoms with van der Waals surface area (Å²) in [5, 5.41) is 11.8. The van der Waals surface area contributed by atoms with Gasteiger partial charge in [0.15, 0.2) is 0 Å². The first kappa shape index (κ1) is 11.6. The van der Waals surface area contributed by atoms with E-state index in [9.17, 15) is 0 Å². The molecule has 0 aliphatic heterocycles. The lowest BCUT2D eigenvalue weighted by Crippen LogP contribution is -2.06. The first-order chi connectivity index (χ1) is 6.77. The van der Waals surface area contributed by atoms with Crippen molar-refractivity contribution in [3.05, 3.63) is 29.3 Å². The molecule has 0 bridgehead atoms. The lowest BCUT2D eigenvalue weighted by molar-refractivity contribution is 0.322. The molecule has 0 aliphatic rings. The molecule has 3 heteroatoms. The van der Waals surface area contributed by atoms with Gasteiger partial charge in [0.05, 0.1) is 6.61 Å². The third-order valence-electron chi connectivity index (χ3n) is 2.04. The van der Waals surface area contributed by atoms with Crippen LogP contribution in [0.2, 0.25) is 0 Å². The SMILES string of the molecule is CNCc1ccc(SCCO)cc1C. The highest BCUT2D eigenvalue weighted by molar-refractivity contribution is 7.99. The number of rotatable bonds is 5. The summed E-state index contributed by atoms with van der Waals surface area (Å²) in [5.41, 5.74) is 2.64. The summed E-state index contributed by atoms with van der Waals surface area (Å²) < 4.78 is 0. The van der Waals surface area contributed by atoms with Crippen LogP contribution in [0.3, 0.4) is 0 Å². The minimum Gasteiger partial charge on any atom is -0.396 e. The molecule has 0 fully saturated rings. The highest BCUT2D eigenvalue weighted by atomic mass is 32.2. The molecule has 0 aliphatic carbocycles. The fourth-order valence-electron chi connectivity index (χ4n) is 1.31. The van der Waals surface area contributed by atoms with Gasteiger partial charge in [-0.3, -0.25) is 0 Å². The molecule has 2 N–H and O–H groups in total. The van der Waals surface area contributed by atoms with E-state index in [-0.39, 0.29) is 6.61 Å². The number of benzene rings is 1. The average molecular weight is 211 g/mol. The Hall–Kier alpha value is -0.510. The molecule has 1 aromatic rings. The molecule has 0 saturated heterocycles. The van der Waals surface area contributed by atoms with Gasteiger partial charge in [-0.15, -0.1) is 11.8 Å². The van der Waals surface area contributed by atoms with E-state index in [1.165, 1.54) is 16.0 Å². The monoisotopic (exact) mass is 211 g/mol. The molecule has 0 amide bonds. The normalized spacial score (nSPS) is 10.5. The second kappa shape index (κ2) is 6.06. The van der Waals surface area contributed by atoms with Gasteiger partial charge >= 0.3 is 0 Å². The number of aliphatic hydroxyl groups is 1. The van der Waals surface area contributed by atoms with Crippen molar-refractivity contribution in [2.45, 2.75) is 18.4 Å². The van der Waals surface area contributed by atoms with Crippen LogP contribution in [0.1, 0.15) is 11.1 Å². The predicted octanol–water partition coefficient (Wildman–Crippen LogP) is 1.80. The Bertz CT molecular complexity index is 289. The molecular weight excluding hydrogens is 194 g/mol. The van der Waals surface area contributed by atoms with E-state index in [4.69, 9.17) is 5.11 Å². The Morgan fingerprint density at radius 3 is 2.79 bits per heavy atom. The average Bonchev–Trinajstić information content (AvgIpc) is 2.19. The highest BCUT2D eigenvalue weighted by Gasteiger charge is 1.99. The Morgan fingerprint density at radius 1 is 1.43 bits per heavy atom. The fourth-order valence-corrected chi connectivity index (χ4v) is 2.06. The van der Waals surface area contributed by atoms with Crippen LogP contribution in [0.25, 0.3) is 0 Å². The zero-order valence-corrected chi connectivity index (χ0v) is 9.53. The molecule has 14 heavy (non-hydrogen) atoms. The second-order valence-corrected chi connectivity index (χ2v) is 4.36. The van der Waals surface area contributed by atoms with E-state index in [1.807, 2.05) is 7.05 Å². The molecule has 0 radical (unpaired) electrons. The molecule has 1 aromatic carbocycles. The molecule has 0 aromatic heterocycles. The molecular formula is C11H17NOS. The van der Waals surface area contributed by atoms with Crippen molar-refractivity contribution in [2.75, 3.05) is 19.4 Å². The van der Waals surface area contributed by atoms with Crippen LogP contribution in [0.15, 0.2) is 23.1 Å². The predicted molar refractivity (Wildman–Crippen MR) is 61.8 cm³/mol. The topological polar surface area (TPSA) is 32.3 Å². The largest absolute Gasteiger partial charge is 0.396 e. The zero-order chi connectivity index (χ0) is 10.4. The van der Waals surface area contributed by atoms with Gasteiger partial charge in [0.1, 0.15) is 0 Å². The molecule has 1 rings (SSSR count). The quantitative estimate of drug-likeness (QED) is 0.728. The van der Waals surface area contributed by atoms with Crippen LogP contribution >= 0.6 is 11.8 Å². The van der Waals surface area contributed by atoms with Gasteiger partial charge in [-0.25, -0.2) is 0 Å². The summed E-state index contributed by atoms with van der Waals surface area (Å²) in [6.45, 7) is 3.27. The standard InChI is InChI=1S/C11H17NOS/c1-9-7-11(14-6-5-13)4-3-10(9)8-12-2/h3-4,7,12-13H,5-6,8H2,1-2H3. The van der Waals surface area contributed by atoms with Crippen LogP contribution in [-0.2, 0) is 6.54 Å². The summed E-state index contributed by atoms with van der Waals surface area (Å²) in [6, 6.07) is 6.43. The molecule has 0 heterocycles. The number of hydrogen-bond acceptors (Lipinski definition) is 3. The van der Waals surface area contributed by atoms with Crippen LogP contribution in [0, 0.1) is 6.92 Å². The number of aliphatic hydroxyl groups excluding tert-OH is 1. The summed E-state index contributed by atoms with van der Waals surface area (Å²) in [7, 11) is 1.95. The molecule has 0 unspecified atom stereocenters. The van der Waals surface area contributed by atoms with E-state index >= 15 is 0 Å². The maximum absolute atomic E-state index is 8.70. The smallest absolute Gasteiger partial charge is 0.0525 e. The first-order valence-corrected chi connectivity index (χ1v) is 5.74. The van der Waals surface area contributed by atoms with Crippen molar-refractivity contribution in [1.29, 1.82) is 0 Å². The van der Waals surface area contributed by atoms with Crippen LogP contribution < -0.4 is 5.32 Å². The maximum atomic E-state index is 8.70. The summed E-state index contributed by atoms with van der Waals surface area (Å²) in [6.07, 6.45) is 0. The van der Waals surface area contributed by atoms with Gasteiger partial charge < -0.3 is 10.4 Å². The Morgan fingerprint density at radius 2 is 2.21 bits per heavy atom. The van der Waals surface area contributed by atoms with E-state index < -0.39 is 0 Å². The van der Waals surface area contributed by atoms with Gasteiger partial charge in [-0.2, -0.15) is 0 Å². The number of nitrogens with one attached hydrogen (secondary N) is 1. The van der Waals surface area contributed by atoms with Crippen LogP contribution in [0.5, 0.6) is 0 Å². The summed E-state index contributed by atoms with van der Waals surface area (Å²) in [4.78, 5) is 1.23. The van der Waals surface area contributed by atoms with Gasteiger partial charge in [0.2, 0.25) is 0 Å². The molecule has 78 valence electrons. The Kier molecular flexibility index (Phi) is 5.01. The fraction of sp³-hybridized carbons (Fsp3) is 0.455. The highest BCUT2D eigenvalue weighted by Crippen LogP contribution is 2.20. The van der Waals surface area contributed by atoms with Crippen LogP contribution in [0.4, 0.5) is 0 Å². The van der Waals surface area contributed by atoms with Crippen molar-refractivity contribution in [1.82, 2.24) is 5.32 Å². The molecule has 2 nitrogen and oxygen atoms in total. The van der Waals surface area contributed by atoms with E-state index in [0.717, 1.165) is 12.3 Å². The van der Waals surface area contributed by atoms with Crippen molar-refractivity contribution < 1.29 is 5.11 Å². The van der Waals surface area contributed by atoms with Gasteiger partial charge in [0, 0.05) is 17.2 Å². The second-order valence-electron chi connectivity index (χ2n) is 3.19. The third-order valence-corrected chi connectivity index (χ3v) is 3.02. The van der Waals surface area contributed by atoms with Gasteiger partial charge in [-0.05, 0) is 37.2 Å². The Labute approximate surface area is 89.7 Å². The van der Waals surface area contributed by atoms with E-state index in [2.05, 4.69) is 30.4 Å². The van der Waals surface area contributed by atoms with Crippen molar-refractivity contribution in [3.63, 3.8) is 0 Å². The van der Waals surface area contributed by atoms with Gasteiger partial charge in [-0.1, -0.05) is 6.07 Å². The Balaban J connectivity index is 2.68. The molecule has 0 atom stereocenters. The number of aryl methyl sites for hydroxylation is 1. The van der Waals surface area contributed by atoms with Crippen molar-refractivity contribution >= 4 is 11.8 Å². The minimum absolute atomic E-state index is 0.238. The van der Waals surface area contributed by atoms with Crippen molar-refractivity contribution in [3.8, 4) is 0 Å². The molecule has 0 saturated carbocycles. The van der Waals surface area contributed by atoms with Gasteiger partial charge in [0.25, 0.3) is 0 Å². The number of thioether (sulfide) groups is 1. The maximum Gasteiger partial charge on any atom is 0.0525 e. The van der Waals surface area contributed by atoms with E-state index in [0.29, 0.717) is 0 Å². The minimum atomic E-state index is 0.238. The lowest BCUT2D eigenvalue weighted by atomic mass is 10.1. The van der Waals surface area contributed by atoms with E-state index in [1.54, 1.807) is 11.8 Å². The third kappa shape index (κ3) is 3.33. The van der Waals surface area contributed by atoms with Crippen molar-refractivity contribution in [2.24, 2.45) is 0 Å². The first-order valence-electron chi connectivity index (χ1n) is 4.75. The number of hydrogen-bond donors (Lipinski definition) is 2. The lowest BCUT2D eigenvalue weighted by Gasteiger charge is -2.07.